The van der Waals surface area contributed by atoms with E-state index in [0.29, 0.717) is 6.42 Å². The first-order valence-electron chi connectivity index (χ1n) is 23.4. The second kappa shape index (κ2) is 35.8. The Bertz CT molecular complexity index is 919. The predicted octanol–water partition coefficient (Wildman–Crippen LogP) is 8.55. The van der Waals surface area contributed by atoms with Crippen LogP contribution in [0, 0.1) is 5.92 Å². The van der Waals surface area contributed by atoms with Gasteiger partial charge in [0.2, 0.25) is 5.91 Å². The molecule has 1 fully saturated rings. The number of nitrogens with one attached hydrogen (secondary N) is 1. The number of aliphatic hydroxyl groups is 6. The van der Waals surface area contributed by atoms with Gasteiger partial charge in [-0.25, -0.2) is 0 Å². The van der Waals surface area contributed by atoms with E-state index in [2.05, 4.69) is 26.1 Å². The SMILES string of the molecule is CCCCCCCCCCCCCCCCCCCCCC(O)C(=O)NC(COC1OC(CO)C(O)C(O)C1O)C(O)C=CCCCCCCCCCC(C)C. The molecule has 0 aromatic carbocycles. The predicted molar refractivity (Wildman–Crippen MR) is 227 cm³/mol. The largest absolute Gasteiger partial charge is 0.394 e. The highest BCUT2D eigenvalue weighted by Gasteiger charge is 2.44. The summed E-state index contributed by atoms with van der Waals surface area (Å²) in [4.78, 5) is 13.0. The average molecular weight is 800 g/mol. The van der Waals surface area contributed by atoms with Gasteiger partial charge in [0.25, 0.3) is 0 Å². The van der Waals surface area contributed by atoms with E-state index in [1.165, 1.54) is 135 Å². The molecule has 1 heterocycles. The van der Waals surface area contributed by atoms with Crippen LogP contribution in [0.3, 0.4) is 0 Å². The Kier molecular flexibility index (Phi) is 33.8. The molecule has 1 aliphatic heterocycles. The highest BCUT2D eigenvalue weighted by Crippen LogP contribution is 2.23. The van der Waals surface area contributed by atoms with E-state index in [1.807, 2.05) is 6.08 Å². The van der Waals surface area contributed by atoms with Gasteiger partial charge in [-0.1, -0.05) is 200 Å². The zero-order valence-corrected chi connectivity index (χ0v) is 36.2. The molecule has 0 aliphatic carbocycles. The summed E-state index contributed by atoms with van der Waals surface area (Å²) in [6.45, 7) is 5.90. The fourth-order valence-corrected chi connectivity index (χ4v) is 7.52. The third-order valence-electron chi connectivity index (χ3n) is 11.4. The van der Waals surface area contributed by atoms with Gasteiger partial charge in [0.15, 0.2) is 6.29 Å². The Morgan fingerprint density at radius 3 is 1.55 bits per heavy atom. The van der Waals surface area contributed by atoms with Crippen molar-refractivity contribution >= 4 is 5.91 Å². The lowest BCUT2D eigenvalue weighted by molar-refractivity contribution is -0.302. The Labute approximate surface area is 342 Å². The molecule has 10 heteroatoms. The minimum absolute atomic E-state index is 0.303. The van der Waals surface area contributed by atoms with Gasteiger partial charge in [0, 0.05) is 0 Å². The monoisotopic (exact) mass is 800 g/mol. The molecule has 0 saturated carbocycles. The Morgan fingerprint density at radius 1 is 0.643 bits per heavy atom. The number of aliphatic hydroxyl groups excluding tert-OH is 6. The molecule has 332 valence electrons. The minimum atomic E-state index is -1.61. The molecule has 10 nitrogen and oxygen atoms in total. The van der Waals surface area contributed by atoms with Gasteiger partial charge >= 0.3 is 0 Å². The molecule has 1 amide bonds. The number of amides is 1. The molecular weight excluding hydrogens is 711 g/mol. The van der Waals surface area contributed by atoms with Crippen molar-refractivity contribution in [3.05, 3.63) is 12.2 Å². The summed E-state index contributed by atoms with van der Waals surface area (Å²) in [5.41, 5.74) is 0. The van der Waals surface area contributed by atoms with Crippen LogP contribution in [0.4, 0.5) is 0 Å². The highest BCUT2D eigenvalue weighted by atomic mass is 16.7. The topological polar surface area (TPSA) is 169 Å². The van der Waals surface area contributed by atoms with Crippen LogP contribution in [0.5, 0.6) is 0 Å². The van der Waals surface area contributed by atoms with Crippen molar-refractivity contribution in [1.29, 1.82) is 0 Å². The zero-order valence-electron chi connectivity index (χ0n) is 36.2. The summed E-state index contributed by atoms with van der Waals surface area (Å²) in [5, 5.41) is 64.6. The summed E-state index contributed by atoms with van der Waals surface area (Å²) >= 11 is 0. The molecule has 1 rings (SSSR count). The average Bonchev–Trinajstić information content (AvgIpc) is 3.18. The summed E-state index contributed by atoms with van der Waals surface area (Å²) in [7, 11) is 0. The summed E-state index contributed by atoms with van der Waals surface area (Å²) in [6, 6.07) is -0.975. The molecule has 0 bridgehead atoms. The first-order valence-corrected chi connectivity index (χ1v) is 23.4. The van der Waals surface area contributed by atoms with Crippen molar-refractivity contribution in [2.75, 3.05) is 13.2 Å². The molecule has 1 saturated heterocycles. The summed E-state index contributed by atoms with van der Waals surface area (Å²) < 4.78 is 11.1. The van der Waals surface area contributed by atoms with Gasteiger partial charge in [-0.05, 0) is 25.2 Å². The Balaban J connectivity index is 2.36. The van der Waals surface area contributed by atoms with Crippen LogP contribution in [0.25, 0.3) is 0 Å². The lowest BCUT2D eigenvalue weighted by Crippen LogP contribution is -2.60. The Morgan fingerprint density at radius 2 is 1.09 bits per heavy atom. The van der Waals surface area contributed by atoms with Gasteiger partial charge in [-0.15, -0.1) is 0 Å². The van der Waals surface area contributed by atoms with E-state index in [0.717, 1.165) is 50.9 Å². The van der Waals surface area contributed by atoms with Crippen molar-refractivity contribution in [3.8, 4) is 0 Å². The number of hydrogen-bond acceptors (Lipinski definition) is 9. The van der Waals surface area contributed by atoms with Gasteiger partial charge in [-0.3, -0.25) is 4.79 Å². The molecule has 8 unspecified atom stereocenters. The highest BCUT2D eigenvalue weighted by molar-refractivity contribution is 5.80. The zero-order chi connectivity index (χ0) is 41.2. The van der Waals surface area contributed by atoms with Crippen LogP contribution < -0.4 is 5.32 Å². The number of hydrogen-bond donors (Lipinski definition) is 7. The number of ether oxygens (including phenoxy) is 2. The van der Waals surface area contributed by atoms with E-state index in [4.69, 9.17) is 9.47 Å². The second-order valence-corrected chi connectivity index (χ2v) is 17.2. The van der Waals surface area contributed by atoms with Gasteiger partial charge < -0.3 is 45.4 Å². The van der Waals surface area contributed by atoms with E-state index in [1.54, 1.807) is 6.08 Å². The van der Waals surface area contributed by atoms with Crippen LogP contribution in [-0.4, -0.2) is 98.7 Å². The lowest BCUT2D eigenvalue weighted by Gasteiger charge is -2.40. The first kappa shape index (κ1) is 52.9. The fraction of sp³-hybridized carbons (Fsp3) is 0.935. The molecule has 1 aliphatic rings. The minimum Gasteiger partial charge on any atom is -0.394 e. The standard InChI is InChI=1S/C46H89NO9/c1-4-5-6-7-8-9-10-11-12-13-14-15-16-17-18-21-25-28-31-34-40(50)45(54)47-38(36-55-46-44(53)43(52)42(51)41(35-48)56-46)39(49)33-30-27-24-22-19-20-23-26-29-32-37(2)3/h30,33,37-44,46,48-53H,4-29,31-32,34-36H2,1-3H3,(H,47,54). The molecule has 0 radical (unpaired) electrons. The second-order valence-electron chi connectivity index (χ2n) is 17.2. The third-order valence-corrected chi connectivity index (χ3v) is 11.4. The van der Waals surface area contributed by atoms with Crippen molar-refractivity contribution in [2.24, 2.45) is 5.92 Å². The van der Waals surface area contributed by atoms with E-state index in [9.17, 15) is 35.4 Å². The molecule has 7 N–H and O–H groups in total. The number of rotatable bonds is 38. The number of carbonyl (C=O) groups excluding carboxylic acids is 1. The molecule has 8 atom stereocenters. The van der Waals surface area contributed by atoms with Crippen LogP contribution in [0.2, 0.25) is 0 Å². The van der Waals surface area contributed by atoms with Crippen LogP contribution >= 0.6 is 0 Å². The summed E-state index contributed by atoms with van der Waals surface area (Å²) in [6.07, 6.45) is 28.8. The normalized spacial score (nSPS) is 21.9. The summed E-state index contributed by atoms with van der Waals surface area (Å²) in [5.74, 6) is 0.151. The Hall–Kier alpha value is -1.11. The number of unbranched alkanes of at least 4 members (excludes halogenated alkanes) is 25. The van der Waals surface area contributed by atoms with Gasteiger partial charge in [0.05, 0.1) is 25.4 Å². The van der Waals surface area contributed by atoms with E-state index < -0.39 is 61.5 Å². The van der Waals surface area contributed by atoms with Crippen molar-refractivity contribution in [2.45, 2.75) is 256 Å². The van der Waals surface area contributed by atoms with Crippen molar-refractivity contribution in [1.82, 2.24) is 5.32 Å². The number of allylic oxidation sites excluding steroid dienone is 1. The lowest BCUT2D eigenvalue weighted by atomic mass is 9.99. The van der Waals surface area contributed by atoms with Crippen LogP contribution in [0.1, 0.15) is 207 Å². The molecule has 0 aromatic heterocycles. The van der Waals surface area contributed by atoms with Crippen molar-refractivity contribution < 1.29 is 44.9 Å². The maximum Gasteiger partial charge on any atom is 0.249 e. The van der Waals surface area contributed by atoms with E-state index in [-0.39, 0.29) is 6.61 Å². The van der Waals surface area contributed by atoms with E-state index >= 15 is 0 Å². The van der Waals surface area contributed by atoms with Crippen molar-refractivity contribution in [3.63, 3.8) is 0 Å². The van der Waals surface area contributed by atoms with Gasteiger partial charge in [-0.2, -0.15) is 0 Å². The molecule has 56 heavy (non-hydrogen) atoms. The van der Waals surface area contributed by atoms with Crippen LogP contribution in [0.15, 0.2) is 12.2 Å². The van der Waals surface area contributed by atoms with Gasteiger partial charge in [0.1, 0.15) is 30.5 Å². The number of carbonyl (C=O) groups is 1. The van der Waals surface area contributed by atoms with Crippen LogP contribution in [-0.2, 0) is 14.3 Å². The maximum absolute atomic E-state index is 13.0. The smallest absolute Gasteiger partial charge is 0.249 e. The molecule has 0 aromatic rings. The third kappa shape index (κ3) is 26.8. The molecular formula is C46H89NO9. The first-order chi connectivity index (χ1) is 27.1. The molecule has 0 spiro atoms. The fourth-order valence-electron chi connectivity index (χ4n) is 7.52. The maximum atomic E-state index is 13.0. The quantitative estimate of drug-likeness (QED) is 0.0239.